The Kier molecular flexibility index (Phi) is 6.34. The van der Waals surface area contributed by atoms with Gasteiger partial charge in [0.25, 0.3) is 0 Å². The van der Waals surface area contributed by atoms with Gasteiger partial charge in [-0.25, -0.2) is 0 Å². The van der Waals surface area contributed by atoms with Crippen molar-refractivity contribution < 1.29 is 4.43 Å². The summed E-state index contributed by atoms with van der Waals surface area (Å²) in [5.41, 5.74) is 0. The van der Waals surface area contributed by atoms with Gasteiger partial charge >= 0.3 is 0 Å². The van der Waals surface area contributed by atoms with Gasteiger partial charge in [0.15, 0.2) is 8.32 Å². The van der Waals surface area contributed by atoms with Crippen molar-refractivity contribution in [3.8, 4) is 0 Å². The third-order valence-corrected chi connectivity index (χ3v) is 7.67. The first-order valence-electron chi connectivity index (χ1n) is 5.48. The molecule has 0 aromatic rings. The Hall–Kier alpha value is -0.0831. The molecule has 0 bridgehead atoms. The quantitative estimate of drug-likeness (QED) is 0.446. The van der Waals surface area contributed by atoms with Crippen molar-refractivity contribution >= 4 is 8.32 Å². The highest BCUT2D eigenvalue weighted by Crippen LogP contribution is 2.24. The molecule has 0 amide bonds. The average molecular weight is 200 g/mol. The van der Waals surface area contributed by atoms with E-state index in [0.29, 0.717) is 0 Å². The van der Waals surface area contributed by atoms with E-state index in [1.54, 1.807) is 0 Å². The third kappa shape index (κ3) is 3.65. The fourth-order valence-electron chi connectivity index (χ4n) is 1.62. The molecule has 13 heavy (non-hydrogen) atoms. The molecular weight excluding hydrogens is 176 g/mol. The molecule has 0 radical (unpaired) electrons. The van der Waals surface area contributed by atoms with Crippen LogP contribution < -0.4 is 0 Å². The second-order valence-corrected chi connectivity index (χ2v) is 8.27. The summed E-state index contributed by atoms with van der Waals surface area (Å²) in [4.78, 5) is 0. The molecule has 0 heterocycles. The predicted molar refractivity (Wildman–Crippen MR) is 62.6 cm³/mol. The van der Waals surface area contributed by atoms with Crippen LogP contribution in [0.3, 0.4) is 0 Å². The van der Waals surface area contributed by atoms with Crippen molar-refractivity contribution in [2.75, 3.05) is 0 Å². The first-order chi connectivity index (χ1) is 6.17. The van der Waals surface area contributed by atoms with E-state index in [4.69, 9.17) is 4.43 Å². The first kappa shape index (κ1) is 12.9. The molecule has 0 aliphatic heterocycles. The topological polar surface area (TPSA) is 9.23 Å². The fraction of sp³-hybridized carbons (Fsp3) is 0.818. The Balaban J connectivity index is 4.29. The molecule has 0 aliphatic carbocycles. The Labute approximate surface area is 84.3 Å². The lowest BCUT2D eigenvalue weighted by Gasteiger charge is -2.31. The summed E-state index contributed by atoms with van der Waals surface area (Å²) in [6.45, 7) is 12.8. The monoisotopic (exact) mass is 200 g/mol. The molecule has 0 rings (SSSR count). The minimum absolute atomic E-state index is 0.284. The Bertz CT molecular complexity index is 133. The summed E-state index contributed by atoms with van der Waals surface area (Å²) in [5, 5.41) is 0. The molecule has 0 aromatic heterocycles. The van der Waals surface area contributed by atoms with Crippen molar-refractivity contribution in [2.24, 2.45) is 0 Å². The lowest BCUT2D eigenvalue weighted by atomic mass is 10.3. The molecule has 1 atom stereocenters. The molecule has 0 N–H and O–H groups in total. The molecule has 1 unspecified atom stereocenters. The Morgan fingerprint density at radius 2 is 1.62 bits per heavy atom. The predicted octanol–water partition coefficient (Wildman–Crippen LogP) is 3.97. The molecular formula is C11H24OSi. The second-order valence-electron chi connectivity index (χ2n) is 3.54. The van der Waals surface area contributed by atoms with Crippen molar-refractivity contribution in [3.63, 3.8) is 0 Å². The van der Waals surface area contributed by atoms with Crippen molar-refractivity contribution in [1.29, 1.82) is 0 Å². The number of hydrogen-bond donors (Lipinski definition) is 0. The maximum absolute atomic E-state index is 6.20. The van der Waals surface area contributed by atoms with Crippen molar-refractivity contribution in [2.45, 2.75) is 58.4 Å². The summed E-state index contributed by atoms with van der Waals surface area (Å²) in [5.74, 6) is 0. The van der Waals surface area contributed by atoms with Gasteiger partial charge in [-0.3, -0.25) is 0 Å². The average Bonchev–Trinajstić information content (AvgIpc) is 2.21. The van der Waals surface area contributed by atoms with Gasteiger partial charge in [0, 0.05) is 0 Å². The van der Waals surface area contributed by atoms with Crippen molar-refractivity contribution in [3.05, 3.63) is 12.7 Å². The van der Waals surface area contributed by atoms with E-state index >= 15 is 0 Å². The van der Waals surface area contributed by atoms with E-state index < -0.39 is 8.32 Å². The molecule has 2 heteroatoms. The van der Waals surface area contributed by atoms with Gasteiger partial charge in [-0.05, 0) is 24.6 Å². The second kappa shape index (κ2) is 6.38. The summed E-state index contributed by atoms with van der Waals surface area (Å²) in [6, 6.07) is 3.68. The van der Waals surface area contributed by atoms with E-state index in [0.717, 1.165) is 6.42 Å². The summed E-state index contributed by atoms with van der Waals surface area (Å²) >= 11 is 0. The van der Waals surface area contributed by atoms with Crippen LogP contribution in [0.4, 0.5) is 0 Å². The van der Waals surface area contributed by atoms with Crippen LogP contribution in [-0.2, 0) is 4.43 Å². The minimum Gasteiger partial charge on any atom is -0.411 e. The summed E-state index contributed by atoms with van der Waals surface area (Å²) in [7, 11) is -1.39. The zero-order valence-corrected chi connectivity index (χ0v) is 10.6. The first-order valence-corrected chi connectivity index (χ1v) is 8.01. The number of hydrogen-bond acceptors (Lipinski definition) is 1. The standard InChI is InChI=1S/C11H24OSi/c1-6-11(7-2)12-13(8-3,9-4)10-5/h6,11H,1,7-10H2,2-5H3. The van der Waals surface area contributed by atoms with E-state index in [9.17, 15) is 0 Å². The Morgan fingerprint density at radius 1 is 1.15 bits per heavy atom. The van der Waals surface area contributed by atoms with Gasteiger partial charge in [0.1, 0.15) is 0 Å². The normalized spacial score (nSPS) is 14.2. The molecule has 78 valence electrons. The van der Waals surface area contributed by atoms with Crippen LogP contribution in [0.1, 0.15) is 34.1 Å². The van der Waals surface area contributed by atoms with Gasteiger partial charge in [-0.1, -0.05) is 33.8 Å². The minimum atomic E-state index is -1.39. The molecule has 0 saturated heterocycles. The van der Waals surface area contributed by atoms with Gasteiger partial charge < -0.3 is 4.43 Å². The molecule has 0 spiro atoms. The number of rotatable bonds is 7. The smallest absolute Gasteiger partial charge is 0.192 e. The third-order valence-electron chi connectivity index (χ3n) is 3.00. The Morgan fingerprint density at radius 3 is 1.85 bits per heavy atom. The van der Waals surface area contributed by atoms with Gasteiger partial charge in [0.05, 0.1) is 6.10 Å². The molecule has 0 fully saturated rings. The van der Waals surface area contributed by atoms with E-state index in [1.807, 2.05) is 6.08 Å². The van der Waals surface area contributed by atoms with Gasteiger partial charge in [0.2, 0.25) is 0 Å². The van der Waals surface area contributed by atoms with E-state index in [1.165, 1.54) is 18.1 Å². The fourth-order valence-corrected chi connectivity index (χ4v) is 4.52. The van der Waals surface area contributed by atoms with Crippen LogP contribution in [0, 0.1) is 0 Å². The zero-order chi connectivity index (χ0) is 10.3. The van der Waals surface area contributed by atoms with Crippen LogP contribution in [0.25, 0.3) is 0 Å². The highest BCUT2D eigenvalue weighted by molar-refractivity contribution is 6.73. The van der Waals surface area contributed by atoms with Crippen LogP contribution >= 0.6 is 0 Å². The van der Waals surface area contributed by atoms with Gasteiger partial charge in [-0.2, -0.15) is 0 Å². The summed E-state index contributed by atoms with van der Waals surface area (Å²) in [6.07, 6.45) is 3.28. The molecule has 0 aromatic carbocycles. The van der Waals surface area contributed by atoms with Gasteiger partial charge in [-0.15, -0.1) is 6.58 Å². The van der Waals surface area contributed by atoms with Crippen LogP contribution in [0.5, 0.6) is 0 Å². The summed E-state index contributed by atoms with van der Waals surface area (Å²) < 4.78 is 6.20. The SMILES string of the molecule is C=CC(CC)O[Si](CC)(CC)CC. The maximum Gasteiger partial charge on any atom is 0.192 e. The van der Waals surface area contributed by atoms with E-state index in [-0.39, 0.29) is 6.10 Å². The largest absolute Gasteiger partial charge is 0.411 e. The van der Waals surface area contributed by atoms with Crippen LogP contribution in [0.2, 0.25) is 18.1 Å². The molecule has 0 aliphatic rings. The molecule has 1 nitrogen and oxygen atoms in total. The highest BCUT2D eigenvalue weighted by Gasteiger charge is 2.30. The van der Waals surface area contributed by atoms with E-state index in [2.05, 4.69) is 34.3 Å². The lowest BCUT2D eigenvalue weighted by molar-refractivity contribution is 0.229. The maximum atomic E-state index is 6.20. The van der Waals surface area contributed by atoms with Crippen LogP contribution in [0.15, 0.2) is 12.7 Å². The lowest BCUT2D eigenvalue weighted by Crippen LogP contribution is -2.39. The molecule has 0 saturated carbocycles. The van der Waals surface area contributed by atoms with Crippen LogP contribution in [-0.4, -0.2) is 14.4 Å². The zero-order valence-electron chi connectivity index (χ0n) is 9.60. The van der Waals surface area contributed by atoms with Crippen molar-refractivity contribution in [1.82, 2.24) is 0 Å². The highest BCUT2D eigenvalue weighted by atomic mass is 28.4.